The first-order chi connectivity index (χ1) is 12.0. The van der Waals surface area contributed by atoms with Gasteiger partial charge in [-0.1, -0.05) is 0 Å². The van der Waals surface area contributed by atoms with Crippen LogP contribution < -0.4 is 5.56 Å². The summed E-state index contributed by atoms with van der Waals surface area (Å²) in [6.45, 7) is 2.01. The van der Waals surface area contributed by atoms with E-state index in [2.05, 4.69) is 19.9 Å². The van der Waals surface area contributed by atoms with Crippen LogP contribution in [0.3, 0.4) is 0 Å². The predicted octanol–water partition coefficient (Wildman–Crippen LogP) is 0.153. The molecule has 2 aromatic heterocycles. The first kappa shape index (κ1) is 16.7. The SMILES string of the molecule is Cc1nc(-c2ncccn2)[nH]c(=O)c1CC(=O)N1CCC[C@@H]1C(=O)O. The van der Waals surface area contributed by atoms with Crippen LogP contribution in [0.2, 0.25) is 0 Å². The van der Waals surface area contributed by atoms with Crippen molar-refractivity contribution in [3.05, 3.63) is 40.1 Å². The van der Waals surface area contributed by atoms with E-state index < -0.39 is 17.6 Å². The second-order valence-electron chi connectivity index (χ2n) is 5.81. The van der Waals surface area contributed by atoms with Crippen molar-refractivity contribution in [3.8, 4) is 11.6 Å². The van der Waals surface area contributed by atoms with Gasteiger partial charge in [0.05, 0.1) is 6.42 Å². The summed E-state index contributed by atoms with van der Waals surface area (Å²) < 4.78 is 0. The molecule has 130 valence electrons. The monoisotopic (exact) mass is 343 g/mol. The topological polar surface area (TPSA) is 129 Å². The van der Waals surface area contributed by atoms with Crippen LogP contribution in [0, 0.1) is 6.92 Å². The van der Waals surface area contributed by atoms with Crippen LogP contribution >= 0.6 is 0 Å². The number of carboxylic acid groups (broad SMARTS) is 1. The summed E-state index contributed by atoms with van der Waals surface area (Å²) >= 11 is 0. The normalized spacial score (nSPS) is 16.8. The molecule has 0 radical (unpaired) electrons. The van der Waals surface area contributed by atoms with Gasteiger partial charge in [0.2, 0.25) is 5.91 Å². The molecule has 0 spiro atoms. The standard InChI is InChI=1S/C16H17N5O4/c1-9-10(8-12(22)21-7-2-4-11(21)16(24)25)15(23)20-14(19-9)13-17-5-3-6-18-13/h3,5-6,11H,2,4,7-8H2,1H3,(H,24,25)(H,19,20,23)/t11-/m1/s1. The largest absolute Gasteiger partial charge is 0.480 e. The van der Waals surface area contributed by atoms with Crippen LogP contribution in [0.5, 0.6) is 0 Å². The lowest BCUT2D eigenvalue weighted by Crippen LogP contribution is -2.42. The van der Waals surface area contributed by atoms with Crippen molar-refractivity contribution < 1.29 is 14.7 Å². The highest BCUT2D eigenvalue weighted by Crippen LogP contribution is 2.19. The van der Waals surface area contributed by atoms with E-state index in [1.54, 1.807) is 13.0 Å². The molecule has 0 aromatic carbocycles. The minimum Gasteiger partial charge on any atom is -0.480 e. The second kappa shape index (κ2) is 6.80. The van der Waals surface area contributed by atoms with Crippen LogP contribution in [0.4, 0.5) is 0 Å². The third-order valence-electron chi connectivity index (χ3n) is 4.19. The third kappa shape index (κ3) is 3.39. The molecule has 2 aromatic rings. The fraction of sp³-hybridized carbons (Fsp3) is 0.375. The van der Waals surface area contributed by atoms with Crippen LogP contribution in [0.1, 0.15) is 24.1 Å². The van der Waals surface area contributed by atoms with Gasteiger partial charge in [-0.25, -0.2) is 19.7 Å². The van der Waals surface area contributed by atoms with Gasteiger partial charge >= 0.3 is 5.97 Å². The first-order valence-electron chi connectivity index (χ1n) is 7.87. The Balaban J connectivity index is 1.85. The van der Waals surface area contributed by atoms with Crippen molar-refractivity contribution in [2.45, 2.75) is 32.2 Å². The number of carboxylic acids is 1. The summed E-state index contributed by atoms with van der Waals surface area (Å²) in [5.74, 6) is -0.898. The minimum atomic E-state index is -1.02. The highest BCUT2D eigenvalue weighted by molar-refractivity contribution is 5.85. The molecule has 0 aliphatic carbocycles. The van der Waals surface area contributed by atoms with Gasteiger partial charge in [0.15, 0.2) is 11.6 Å². The number of H-pyrrole nitrogens is 1. The van der Waals surface area contributed by atoms with Gasteiger partial charge in [-0.3, -0.25) is 9.59 Å². The van der Waals surface area contributed by atoms with E-state index in [1.807, 2.05) is 0 Å². The molecule has 0 unspecified atom stereocenters. The second-order valence-corrected chi connectivity index (χ2v) is 5.81. The molecular weight excluding hydrogens is 326 g/mol. The van der Waals surface area contributed by atoms with Gasteiger partial charge in [-0.2, -0.15) is 0 Å². The maximum Gasteiger partial charge on any atom is 0.326 e. The Morgan fingerprint density at radius 1 is 1.36 bits per heavy atom. The van der Waals surface area contributed by atoms with Crippen LogP contribution in [-0.4, -0.2) is 54.4 Å². The van der Waals surface area contributed by atoms with Crippen molar-refractivity contribution in [1.29, 1.82) is 0 Å². The van der Waals surface area contributed by atoms with Crippen LogP contribution in [0.15, 0.2) is 23.3 Å². The molecular formula is C16H17N5O4. The van der Waals surface area contributed by atoms with Gasteiger partial charge in [0, 0.05) is 30.2 Å². The molecule has 3 heterocycles. The number of aromatic amines is 1. The lowest BCUT2D eigenvalue weighted by Gasteiger charge is -2.21. The summed E-state index contributed by atoms with van der Waals surface area (Å²) in [5.41, 5.74) is 0.167. The Hall–Kier alpha value is -3.10. The Labute approximate surface area is 142 Å². The number of nitrogens with one attached hydrogen (secondary N) is 1. The number of carbonyl (C=O) groups is 2. The maximum absolute atomic E-state index is 12.4. The number of nitrogens with zero attached hydrogens (tertiary/aromatic N) is 4. The van der Waals surface area contributed by atoms with E-state index in [0.29, 0.717) is 25.1 Å². The summed E-state index contributed by atoms with van der Waals surface area (Å²) in [4.78, 5) is 52.3. The molecule has 9 heteroatoms. The Bertz CT molecular complexity index is 865. The summed E-state index contributed by atoms with van der Waals surface area (Å²) in [7, 11) is 0. The smallest absolute Gasteiger partial charge is 0.326 e. The molecule has 0 saturated carbocycles. The summed E-state index contributed by atoms with van der Waals surface area (Å²) in [6, 6.07) is 0.827. The van der Waals surface area contributed by atoms with E-state index in [1.165, 1.54) is 17.3 Å². The predicted molar refractivity (Wildman–Crippen MR) is 86.7 cm³/mol. The molecule has 1 amide bonds. The van der Waals surface area contributed by atoms with Gasteiger partial charge < -0.3 is 15.0 Å². The van der Waals surface area contributed by atoms with Crippen LogP contribution in [0.25, 0.3) is 11.6 Å². The summed E-state index contributed by atoms with van der Waals surface area (Å²) in [5, 5.41) is 9.18. The number of aliphatic carboxylic acids is 1. The van der Waals surface area contributed by atoms with Gasteiger partial charge in [-0.05, 0) is 25.8 Å². The van der Waals surface area contributed by atoms with E-state index in [-0.39, 0.29) is 29.5 Å². The lowest BCUT2D eigenvalue weighted by atomic mass is 10.1. The minimum absolute atomic E-state index is 0.187. The number of carbonyl (C=O) groups excluding carboxylic acids is 1. The average Bonchev–Trinajstić information content (AvgIpc) is 3.08. The van der Waals surface area contributed by atoms with Crippen molar-refractivity contribution >= 4 is 11.9 Å². The van der Waals surface area contributed by atoms with E-state index in [4.69, 9.17) is 0 Å². The fourth-order valence-electron chi connectivity index (χ4n) is 2.92. The zero-order chi connectivity index (χ0) is 18.0. The fourth-order valence-corrected chi connectivity index (χ4v) is 2.92. The number of likely N-dealkylation sites (tertiary alicyclic amines) is 1. The van der Waals surface area contributed by atoms with Crippen molar-refractivity contribution in [3.63, 3.8) is 0 Å². The summed E-state index contributed by atoms with van der Waals surface area (Å²) in [6.07, 6.45) is 3.95. The zero-order valence-electron chi connectivity index (χ0n) is 13.6. The molecule has 1 aliphatic rings. The molecule has 1 fully saturated rings. The number of aryl methyl sites for hydroxylation is 1. The maximum atomic E-state index is 12.4. The van der Waals surface area contributed by atoms with Crippen LogP contribution in [-0.2, 0) is 16.0 Å². The molecule has 3 rings (SSSR count). The number of hydrogen-bond donors (Lipinski definition) is 2. The zero-order valence-corrected chi connectivity index (χ0v) is 13.6. The number of aromatic nitrogens is 4. The van der Waals surface area contributed by atoms with E-state index >= 15 is 0 Å². The number of amides is 1. The Kier molecular flexibility index (Phi) is 4.55. The van der Waals surface area contributed by atoms with Crippen molar-refractivity contribution in [2.24, 2.45) is 0 Å². The molecule has 0 bridgehead atoms. The highest BCUT2D eigenvalue weighted by Gasteiger charge is 2.34. The Morgan fingerprint density at radius 3 is 2.72 bits per heavy atom. The molecule has 1 atom stereocenters. The average molecular weight is 343 g/mol. The molecule has 9 nitrogen and oxygen atoms in total. The molecule has 1 saturated heterocycles. The first-order valence-corrected chi connectivity index (χ1v) is 7.87. The van der Waals surface area contributed by atoms with Gasteiger partial charge in [0.25, 0.3) is 5.56 Å². The van der Waals surface area contributed by atoms with Crippen molar-refractivity contribution in [1.82, 2.24) is 24.8 Å². The van der Waals surface area contributed by atoms with Gasteiger partial charge in [-0.15, -0.1) is 0 Å². The lowest BCUT2D eigenvalue weighted by molar-refractivity contribution is -0.148. The Morgan fingerprint density at radius 2 is 2.08 bits per heavy atom. The van der Waals surface area contributed by atoms with Crippen molar-refractivity contribution in [2.75, 3.05) is 6.54 Å². The number of hydrogen-bond acceptors (Lipinski definition) is 6. The third-order valence-corrected chi connectivity index (χ3v) is 4.19. The molecule has 2 N–H and O–H groups in total. The molecule has 25 heavy (non-hydrogen) atoms. The van der Waals surface area contributed by atoms with E-state index in [9.17, 15) is 19.5 Å². The molecule has 1 aliphatic heterocycles. The van der Waals surface area contributed by atoms with E-state index in [0.717, 1.165) is 0 Å². The number of rotatable bonds is 4. The van der Waals surface area contributed by atoms with Gasteiger partial charge in [0.1, 0.15) is 6.04 Å². The highest BCUT2D eigenvalue weighted by atomic mass is 16.4. The quantitative estimate of drug-likeness (QED) is 0.808.